The summed E-state index contributed by atoms with van der Waals surface area (Å²) >= 11 is 1.60. The summed E-state index contributed by atoms with van der Waals surface area (Å²) in [5.41, 5.74) is 4.45. The Bertz CT molecular complexity index is 569. The lowest BCUT2D eigenvalue weighted by molar-refractivity contribution is 0.0955. The normalized spacial score (nSPS) is 10.2. The maximum Gasteiger partial charge on any atom is 0.253 e. The van der Waals surface area contributed by atoms with Crippen LogP contribution in [0.15, 0.2) is 23.8 Å². The number of rotatable bonds is 5. The van der Waals surface area contributed by atoms with Crippen LogP contribution >= 0.6 is 11.3 Å². The van der Waals surface area contributed by atoms with E-state index in [1.807, 2.05) is 12.3 Å². The number of aryl methyl sites for hydroxylation is 1. The van der Waals surface area contributed by atoms with Crippen LogP contribution in [0.5, 0.6) is 0 Å². The average molecular weight is 277 g/mol. The summed E-state index contributed by atoms with van der Waals surface area (Å²) in [5, 5.41) is 5.85. The fourth-order valence-corrected chi connectivity index (χ4v) is 2.38. The van der Waals surface area contributed by atoms with Crippen molar-refractivity contribution in [2.75, 3.05) is 12.0 Å². The number of nitrogen functional groups attached to an aromatic ring is 1. The van der Waals surface area contributed by atoms with Gasteiger partial charge >= 0.3 is 0 Å². The van der Waals surface area contributed by atoms with E-state index in [2.05, 4.69) is 20.7 Å². The maximum absolute atomic E-state index is 12.0. The van der Waals surface area contributed by atoms with Crippen LogP contribution in [-0.2, 0) is 6.42 Å². The molecule has 100 valence electrons. The van der Waals surface area contributed by atoms with Gasteiger partial charge in [-0.1, -0.05) is 0 Å². The monoisotopic (exact) mass is 277 g/mol. The van der Waals surface area contributed by atoms with E-state index in [0.717, 1.165) is 17.1 Å². The minimum Gasteiger partial charge on any atom is -0.352 e. The van der Waals surface area contributed by atoms with E-state index in [1.165, 1.54) is 6.20 Å². The molecular formula is C12H15N5OS. The van der Waals surface area contributed by atoms with Gasteiger partial charge < -0.3 is 10.7 Å². The zero-order valence-electron chi connectivity index (χ0n) is 10.5. The first-order valence-electron chi connectivity index (χ1n) is 5.80. The van der Waals surface area contributed by atoms with Crippen molar-refractivity contribution < 1.29 is 4.79 Å². The number of pyridine rings is 1. The highest BCUT2D eigenvalue weighted by Gasteiger charge is 2.10. The van der Waals surface area contributed by atoms with E-state index in [1.54, 1.807) is 23.6 Å². The molecule has 2 aromatic rings. The van der Waals surface area contributed by atoms with Crippen LogP contribution in [0.25, 0.3) is 0 Å². The van der Waals surface area contributed by atoms with Crippen LogP contribution < -0.4 is 16.6 Å². The number of thiazole rings is 1. The van der Waals surface area contributed by atoms with Gasteiger partial charge in [0.15, 0.2) is 0 Å². The van der Waals surface area contributed by atoms with Crippen molar-refractivity contribution in [3.8, 4) is 0 Å². The Morgan fingerprint density at radius 1 is 1.53 bits per heavy atom. The largest absolute Gasteiger partial charge is 0.352 e. The number of aromatic nitrogens is 2. The Morgan fingerprint density at radius 2 is 2.37 bits per heavy atom. The second-order valence-electron chi connectivity index (χ2n) is 3.95. The molecule has 0 aliphatic carbocycles. The highest BCUT2D eigenvalue weighted by Crippen LogP contribution is 2.12. The molecule has 1 amide bonds. The molecule has 2 rings (SSSR count). The standard InChI is InChI=1S/C12H15N5OS/c1-8-7-19-11(16-8)3-5-15-12(18)9-2-4-14-6-10(9)17-13/h2,4,6-7,17H,3,5,13H2,1H3,(H,15,18). The Labute approximate surface area is 115 Å². The Hall–Kier alpha value is -1.99. The zero-order chi connectivity index (χ0) is 13.7. The molecule has 0 radical (unpaired) electrons. The minimum atomic E-state index is -0.177. The molecule has 6 nitrogen and oxygen atoms in total. The first-order valence-corrected chi connectivity index (χ1v) is 6.68. The van der Waals surface area contributed by atoms with E-state index in [0.29, 0.717) is 17.8 Å². The van der Waals surface area contributed by atoms with Gasteiger partial charge in [-0.15, -0.1) is 11.3 Å². The van der Waals surface area contributed by atoms with Gasteiger partial charge in [0.25, 0.3) is 5.91 Å². The molecule has 2 aromatic heterocycles. The maximum atomic E-state index is 12.0. The second-order valence-corrected chi connectivity index (χ2v) is 4.90. The first kappa shape index (κ1) is 13.4. The molecule has 0 spiro atoms. The van der Waals surface area contributed by atoms with Crippen molar-refractivity contribution in [2.45, 2.75) is 13.3 Å². The number of hydrazine groups is 1. The van der Waals surface area contributed by atoms with Gasteiger partial charge in [0, 0.05) is 30.2 Å². The molecule has 4 N–H and O–H groups in total. The molecule has 0 atom stereocenters. The number of hydrogen-bond donors (Lipinski definition) is 3. The van der Waals surface area contributed by atoms with E-state index in [9.17, 15) is 4.79 Å². The number of anilines is 1. The molecular weight excluding hydrogens is 262 g/mol. The third-order valence-electron chi connectivity index (χ3n) is 2.51. The highest BCUT2D eigenvalue weighted by molar-refractivity contribution is 7.09. The van der Waals surface area contributed by atoms with Crippen LogP contribution in [0, 0.1) is 6.92 Å². The molecule has 2 heterocycles. The van der Waals surface area contributed by atoms with Crippen molar-refractivity contribution in [1.82, 2.24) is 15.3 Å². The Balaban J connectivity index is 1.90. The third-order valence-corrected chi connectivity index (χ3v) is 3.54. The number of carbonyl (C=O) groups excluding carboxylic acids is 1. The van der Waals surface area contributed by atoms with E-state index < -0.39 is 0 Å². The SMILES string of the molecule is Cc1csc(CCNC(=O)c2ccncc2NN)n1. The van der Waals surface area contributed by atoms with E-state index in [-0.39, 0.29) is 5.91 Å². The zero-order valence-corrected chi connectivity index (χ0v) is 11.3. The second kappa shape index (κ2) is 6.26. The average Bonchev–Trinajstić information content (AvgIpc) is 2.84. The lowest BCUT2D eigenvalue weighted by atomic mass is 10.2. The summed E-state index contributed by atoms with van der Waals surface area (Å²) < 4.78 is 0. The molecule has 0 saturated carbocycles. The highest BCUT2D eigenvalue weighted by atomic mass is 32.1. The number of amides is 1. The molecule has 0 aliphatic heterocycles. The van der Waals surface area contributed by atoms with Gasteiger partial charge in [-0.2, -0.15) is 0 Å². The van der Waals surface area contributed by atoms with E-state index in [4.69, 9.17) is 5.84 Å². The summed E-state index contributed by atoms with van der Waals surface area (Å²) in [5.74, 6) is 5.16. The van der Waals surface area contributed by atoms with Gasteiger partial charge in [-0.3, -0.25) is 15.6 Å². The van der Waals surface area contributed by atoms with Gasteiger partial charge in [0.05, 0.1) is 22.5 Å². The predicted molar refractivity (Wildman–Crippen MR) is 74.9 cm³/mol. The molecule has 7 heteroatoms. The molecule has 19 heavy (non-hydrogen) atoms. The predicted octanol–water partition coefficient (Wildman–Crippen LogP) is 1.10. The van der Waals surface area contributed by atoms with Gasteiger partial charge in [0.2, 0.25) is 0 Å². The Morgan fingerprint density at radius 3 is 3.05 bits per heavy atom. The first-order chi connectivity index (χ1) is 9.20. The lowest BCUT2D eigenvalue weighted by Crippen LogP contribution is -2.27. The molecule has 0 saturated heterocycles. The van der Waals surface area contributed by atoms with Crippen LogP contribution in [-0.4, -0.2) is 22.4 Å². The lowest BCUT2D eigenvalue weighted by Gasteiger charge is -2.08. The topological polar surface area (TPSA) is 92.9 Å². The van der Waals surface area contributed by atoms with Crippen molar-refractivity contribution >= 4 is 22.9 Å². The van der Waals surface area contributed by atoms with Crippen LogP contribution in [0.1, 0.15) is 21.1 Å². The summed E-state index contributed by atoms with van der Waals surface area (Å²) in [6.45, 7) is 2.49. The molecule has 0 aliphatic rings. The molecule has 0 unspecified atom stereocenters. The number of hydrogen-bond acceptors (Lipinski definition) is 6. The quantitative estimate of drug-likeness (QED) is 0.562. The Kier molecular flexibility index (Phi) is 4.43. The van der Waals surface area contributed by atoms with Crippen molar-refractivity contribution in [2.24, 2.45) is 5.84 Å². The fraction of sp³-hybridized carbons (Fsp3) is 0.250. The smallest absolute Gasteiger partial charge is 0.253 e. The van der Waals surface area contributed by atoms with Gasteiger partial charge in [0.1, 0.15) is 0 Å². The van der Waals surface area contributed by atoms with Gasteiger partial charge in [-0.05, 0) is 13.0 Å². The summed E-state index contributed by atoms with van der Waals surface area (Å²) in [6.07, 6.45) is 3.79. The number of nitrogens with zero attached hydrogens (tertiary/aromatic N) is 2. The van der Waals surface area contributed by atoms with Crippen LogP contribution in [0.2, 0.25) is 0 Å². The number of nitrogens with two attached hydrogens (primary N) is 1. The summed E-state index contributed by atoms with van der Waals surface area (Å²) in [7, 11) is 0. The van der Waals surface area contributed by atoms with Crippen molar-refractivity contribution in [1.29, 1.82) is 0 Å². The molecule has 0 fully saturated rings. The van der Waals surface area contributed by atoms with Crippen molar-refractivity contribution in [3.05, 3.63) is 40.1 Å². The van der Waals surface area contributed by atoms with E-state index >= 15 is 0 Å². The van der Waals surface area contributed by atoms with Gasteiger partial charge in [-0.25, -0.2) is 4.98 Å². The summed E-state index contributed by atoms with van der Waals surface area (Å²) in [4.78, 5) is 20.2. The molecule has 0 bridgehead atoms. The summed E-state index contributed by atoms with van der Waals surface area (Å²) in [6, 6.07) is 1.62. The third kappa shape index (κ3) is 3.49. The molecule has 0 aromatic carbocycles. The number of carbonyl (C=O) groups is 1. The van der Waals surface area contributed by atoms with Crippen LogP contribution in [0.3, 0.4) is 0 Å². The number of nitrogens with one attached hydrogen (secondary N) is 2. The minimum absolute atomic E-state index is 0.177. The van der Waals surface area contributed by atoms with Crippen molar-refractivity contribution in [3.63, 3.8) is 0 Å². The van der Waals surface area contributed by atoms with Crippen LogP contribution in [0.4, 0.5) is 5.69 Å². The fourth-order valence-electron chi connectivity index (χ4n) is 1.60.